The molecule has 0 aromatic carbocycles. The van der Waals surface area contributed by atoms with Gasteiger partial charge in [0.15, 0.2) is 5.65 Å². The first-order valence-electron chi connectivity index (χ1n) is 7.59. The minimum absolute atomic E-state index is 0.260. The fourth-order valence-corrected chi connectivity index (χ4v) is 2.98. The van der Waals surface area contributed by atoms with Gasteiger partial charge in [-0.05, 0) is 43.7 Å². The summed E-state index contributed by atoms with van der Waals surface area (Å²) in [5.41, 5.74) is 0.323. The number of fused-ring (bicyclic) bond motifs is 1. The Kier molecular flexibility index (Phi) is 3.40. The van der Waals surface area contributed by atoms with Gasteiger partial charge < -0.3 is 10.1 Å². The number of rotatable bonds is 4. The van der Waals surface area contributed by atoms with Gasteiger partial charge in [0.25, 0.3) is 6.43 Å². The van der Waals surface area contributed by atoms with Crippen molar-refractivity contribution in [2.24, 2.45) is 5.92 Å². The van der Waals surface area contributed by atoms with E-state index >= 15 is 0 Å². The van der Waals surface area contributed by atoms with E-state index in [9.17, 15) is 8.78 Å². The summed E-state index contributed by atoms with van der Waals surface area (Å²) in [5, 5.41) is 14.7. The number of halogens is 2. The average Bonchev–Trinajstić information content (AvgIpc) is 3.27. The van der Waals surface area contributed by atoms with Crippen molar-refractivity contribution in [1.29, 1.82) is 0 Å². The second-order valence-corrected chi connectivity index (χ2v) is 5.96. The molecule has 118 valence electrons. The molecule has 0 spiro atoms. The fourth-order valence-electron chi connectivity index (χ4n) is 2.98. The number of nitrogens with zero attached hydrogens (tertiary/aromatic N) is 4. The maximum Gasteiger partial charge on any atom is 0.299 e. The number of hydrogen-bond acceptors (Lipinski definition) is 5. The second kappa shape index (κ2) is 5.42. The van der Waals surface area contributed by atoms with Crippen molar-refractivity contribution >= 4 is 11.5 Å². The number of aromatic nitrogens is 4. The summed E-state index contributed by atoms with van der Waals surface area (Å²) in [4.78, 5) is 0. The molecule has 0 radical (unpaired) electrons. The van der Waals surface area contributed by atoms with E-state index in [4.69, 9.17) is 4.74 Å². The third-order valence-electron chi connectivity index (χ3n) is 4.30. The summed E-state index contributed by atoms with van der Waals surface area (Å²) in [6.07, 6.45) is 1.96. The molecule has 2 aromatic heterocycles. The van der Waals surface area contributed by atoms with E-state index in [0.717, 1.165) is 24.0 Å². The Morgan fingerprint density at radius 2 is 2.09 bits per heavy atom. The molecule has 1 N–H and O–H groups in total. The minimum Gasteiger partial charge on any atom is -0.378 e. The van der Waals surface area contributed by atoms with Crippen LogP contribution >= 0.6 is 0 Å². The lowest BCUT2D eigenvalue weighted by atomic mass is 10.00. The van der Waals surface area contributed by atoms with Gasteiger partial charge in [-0.2, -0.15) is 4.52 Å². The van der Waals surface area contributed by atoms with Crippen molar-refractivity contribution in [2.45, 2.75) is 44.3 Å². The number of hydrogen-bond donors (Lipinski definition) is 1. The van der Waals surface area contributed by atoms with Crippen LogP contribution in [0.5, 0.6) is 0 Å². The highest BCUT2D eigenvalue weighted by Crippen LogP contribution is 2.38. The average molecular weight is 309 g/mol. The molecule has 2 aliphatic rings. The Balaban J connectivity index is 1.52. The van der Waals surface area contributed by atoms with Gasteiger partial charge in [0.1, 0.15) is 5.82 Å². The van der Waals surface area contributed by atoms with Crippen LogP contribution in [-0.2, 0) is 4.74 Å². The van der Waals surface area contributed by atoms with Crippen molar-refractivity contribution in [2.75, 3.05) is 11.9 Å². The molecule has 6 nitrogen and oxygen atoms in total. The smallest absolute Gasteiger partial charge is 0.299 e. The van der Waals surface area contributed by atoms with Crippen LogP contribution in [0.3, 0.4) is 0 Å². The summed E-state index contributed by atoms with van der Waals surface area (Å²) >= 11 is 0. The molecule has 0 amide bonds. The first kappa shape index (κ1) is 13.8. The molecule has 3 heterocycles. The zero-order valence-corrected chi connectivity index (χ0v) is 12.0. The van der Waals surface area contributed by atoms with Crippen LogP contribution in [-0.4, -0.2) is 38.6 Å². The lowest BCUT2D eigenvalue weighted by Crippen LogP contribution is -2.35. The molecule has 1 saturated carbocycles. The molecule has 8 heteroatoms. The molecule has 2 fully saturated rings. The van der Waals surface area contributed by atoms with E-state index in [0.29, 0.717) is 23.5 Å². The standard InChI is InChI=1S/C14H17F2N5O/c15-13(16)14-19-18-12-4-3-11(20-21(12)14)17-9-5-6-22-10(7-9)8-1-2-8/h3-4,8-10,13H,1-2,5-7H2,(H,17,20). The Morgan fingerprint density at radius 3 is 2.86 bits per heavy atom. The maximum absolute atomic E-state index is 12.9. The van der Waals surface area contributed by atoms with Crippen LogP contribution in [0.4, 0.5) is 14.6 Å². The van der Waals surface area contributed by atoms with Gasteiger partial charge in [-0.3, -0.25) is 0 Å². The number of anilines is 1. The van der Waals surface area contributed by atoms with E-state index < -0.39 is 12.2 Å². The van der Waals surface area contributed by atoms with Crippen LogP contribution in [0, 0.1) is 5.92 Å². The number of nitrogens with one attached hydrogen (secondary N) is 1. The van der Waals surface area contributed by atoms with Crippen LogP contribution in [0.1, 0.15) is 37.9 Å². The number of alkyl halides is 2. The topological polar surface area (TPSA) is 64.3 Å². The predicted octanol–water partition coefficient (Wildman–Crippen LogP) is 2.43. The highest BCUT2D eigenvalue weighted by molar-refractivity contribution is 5.44. The summed E-state index contributed by atoms with van der Waals surface area (Å²) in [6.45, 7) is 0.732. The number of ether oxygens (including phenoxy) is 1. The van der Waals surface area contributed by atoms with Gasteiger partial charge in [0.05, 0.1) is 6.10 Å². The van der Waals surface area contributed by atoms with E-state index in [1.807, 2.05) is 0 Å². The van der Waals surface area contributed by atoms with E-state index in [1.165, 1.54) is 12.8 Å². The third-order valence-corrected chi connectivity index (χ3v) is 4.30. The molecular weight excluding hydrogens is 292 g/mol. The van der Waals surface area contributed by atoms with Gasteiger partial charge >= 0.3 is 0 Å². The van der Waals surface area contributed by atoms with Gasteiger partial charge in [-0.1, -0.05) is 0 Å². The normalized spacial score (nSPS) is 25.8. The van der Waals surface area contributed by atoms with Gasteiger partial charge in [-0.15, -0.1) is 15.3 Å². The van der Waals surface area contributed by atoms with Crippen LogP contribution in [0.15, 0.2) is 12.1 Å². The third kappa shape index (κ3) is 2.63. The van der Waals surface area contributed by atoms with Crippen molar-refractivity contribution in [1.82, 2.24) is 19.8 Å². The molecule has 1 aliphatic heterocycles. The fraction of sp³-hybridized carbons (Fsp3) is 0.643. The minimum atomic E-state index is -2.69. The largest absolute Gasteiger partial charge is 0.378 e. The van der Waals surface area contributed by atoms with Gasteiger partial charge in [-0.25, -0.2) is 8.78 Å². The van der Waals surface area contributed by atoms with Crippen molar-refractivity contribution < 1.29 is 13.5 Å². The monoisotopic (exact) mass is 309 g/mol. The highest BCUT2D eigenvalue weighted by Gasteiger charge is 2.35. The molecule has 2 aromatic rings. The van der Waals surface area contributed by atoms with Crippen molar-refractivity contribution in [3.05, 3.63) is 18.0 Å². The lowest BCUT2D eigenvalue weighted by molar-refractivity contribution is -0.00224. The zero-order chi connectivity index (χ0) is 15.1. The Labute approximate surface area is 125 Å². The molecule has 2 atom stereocenters. The zero-order valence-electron chi connectivity index (χ0n) is 12.0. The van der Waals surface area contributed by atoms with Crippen LogP contribution in [0.25, 0.3) is 5.65 Å². The molecule has 4 rings (SSSR count). The molecule has 22 heavy (non-hydrogen) atoms. The summed E-state index contributed by atoms with van der Waals surface area (Å²) in [5.74, 6) is 0.834. The maximum atomic E-state index is 12.9. The molecule has 0 bridgehead atoms. The van der Waals surface area contributed by atoms with Crippen LogP contribution < -0.4 is 5.32 Å². The van der Waals surface area contributed by atoms with E-state index in [1.54, 1.807) is 12.1 Å². The van der Waals surface area contributed by atoms with E-state index in [-0.39, 0.29) is 6.04 Å². The highest BCUT2D eigenvalue weighted by atomic mass is 19.3. The summed E-state index contributed by atoms with van der Waals surface area (Å²) in [7, 11) is 0. The molecule has 1 aliphatic carbocycles. The molecule has 2 unspecified atom stereocenters. The Bertz CT molecular complexity index is 672. The molecule has 1 saturated heterocycles. The Morgan fingerprint density at radius 1 is 1.23 bits per heavy atom. The summed E-state index contributed by atoms with van der Waals surface area (Å²) < 4.78 is 32.6. The van der Waals surface area contributed by atoms with Crippen LogP contribution in [0.2, 0.25) is 0 Å². The quantitative estimate of drug-likeness (QED) is 0.939. The Hall–Kier alpha value is -1.83. The van der Waals surface area contributed by atoms with Gasteiger partial charge in [0, 0.05) is 12.6 Å². The lowest BCUT2D eigenvalue weighted by Gasteiger charge is -2.30. The molecular formula is C14H17F2N5O. The summed E-state index contributed by atoms with van der Waals surface area (Å²) in [6, 6.07) is 3.66. The van der Waals surface area contributed by atoms with E-state index in [2.05, 4.69) is 20.6 Å². The predicted molar refractivity (Wildman–Crippen MR) is 74.8 cm³/mol. The van der Waals surface area contributed by atoms with Crippen molar-refractivity contribution in [3.8, 4) is 0 Å². The first-order chi connectivity index (χ1) is 10.7. The first-order valence-corrected chi connectivity index (χ1v) is 7.59. The van der Waals surface area contributed by atoms with Crippen molar-refractivity contribution in [3.63, 3.8) is 0 Å². The SMILES string of the molecule is FC(F)c1nnc2ccc(NC3CCOC(C4CC4)C3)nn12. The van der Waals surface area contributed by atoms with Gasteiger partial charge in [0.2, 0.25) is 5.82 Å². The second-order valence-electron chi connectivity index (χ2n) is 5.96.